The standard InChI is InChI=1S/Al.B.H3N.Ti.Zr.3H/h;;1H3;;;;;. The molecule has 5 heteroatoms. The van der Waals surface area contributed by atoms with E-state index in [9.17, 15) is 0 Å². The largest absolute Gasteiger partial charge is 0.344 e. The SMILES string of the molecule is N.[AlH3].[B].[Ti].[Zr]. The second kappa shape index (κ2) is 35.2. The molecular weight excluding hydrogens is 191 g/mol. The second-order valence-corrected chi connectivity index (χ2v) is 0. The molecule has 0 rings (SSSR count). The van der Waals surface area contributed by atoms with Crippen molar-refractivity contribution in [2.24, 2.45) is 0 Å². The topological polar surface area (TPSA) is 35.0 Å². The Morgan fingerprint density at radius 2 is 1.00 bits per heavy atom. The predicted molar refractivity (Wildman–Crippen MR) is 20.7 cm³/mol. The van der Waals surface area contributed by atoms with Gasteiger partial charge in [-0.25, -0.2) is 0 Å². The fourth-order valence-electron chi connectivity index (χ4n) is 0. The Labute approximate surface area is 79.0 Å². The Morgan fingerprint density at radius 3 is 1.00 bits per heavy atom. The van der Waals surface area contributed by atoms with Gasteiger partial charge in [0.15, 0.2) is 17.4 Å². The first kappa shape index (κ1) is 58.4. The molecule has 1 nitrogen and oxygen atoms in total. The van der Waals surface area contributed by atoms with Gasteiger partial charge in [0.05, 0.1) is 0 Å². The van der Waals surface area contributed by atoms with Gasteiger partial charge in [0.25, 0.3) is 0 Å². The van der Waals surface area contributed by atoms with Crippen LogP contribution in [0.2, 0.25) is 0 Å². The van der Waals surface area contributed by atoms with Crippen molar-refractivity contribution in [3.8, 4) is 0 Å². The maximum atomic E-state index is 0. The van der Waals surface area contributed by atoms with Crippen LogP contribution >= 0.6 is 0 Å². The molecule has 0 spiro atoms. The van der Waals surface area contributed by atoms with Crippen molar-refractivity contribution in [1.82, 2.24) is 6.15 Å². The van der Waals surface area contributed by atoms with E-state index in [1.807, 2.05) is 0 Å². The van der Waals surface area contributed by atoms with Crippen LogP contribution in [0.5, 0.6) is 0 Å². The van der Waals surface area contributed by atoms with Gasteiger partial charge < -0.3 is 6.15 Å². The van der Waals surface area contributed by atoms with Gasteiger partial charge in [-0.2, -0.15) is 0 Å². The fraction of sp³-hybridized carbons (Fsp3) is 0. The first-order chi connectivity index (χ1) is 0. The third-order valence-corrected chi connectivity index (χ3v) is 0. The quantitative estimate of drug-likeness (QED) is 0.476. The molecule has 0 fully saturated rings. The van der Waals surface area contributed by atoms with E-state index >= 15 is 0 Å². The van der Waals surface area contributed by atoms with Gasteiger partial charge in [-0.15, -0.1) is 0 Å². The van der Waals surface area contributed by atoms with Crippen LogP contribution in [0, 0.1) is 0 Å². The van der Waals surface area contributed by atoms with E-state index in [0.717, 1.165) is 0 Å². The smallest absolute Gasteiger partial charge is 0.187 e. The van der Waals surface area contributed by atoms with E-state index < -0.39 is 0 Å². The second-order valence-electron chi connectivity index (χ2n) is 0. The molecule has 0 aromatic rings. The zero-order valence-corrected chi connectivity index (χ0v) is 6.30. The summed E-state index contributed by atoms with van der Waals surface area (Å²) in [5.74, 6) is 0. The van der Waals surface area contributed by atoms with E-state index in [4.69, 9.17) is 0 Å². The van der Waals surface area contributed by atoms with Crippen LogP contribution in [0.1, 0.15) is 0 Å². The minimum absolute atomic E-state index is 0. The average molecular weight is 197 g/mol. The molecule has 0 amide bonds. The molecule has 0 atom stereocenters. The van der Waals surface area contributed by atoms with E-state index in [2.05, 4.69) is 0 Å². The molecule has 0 aliphatic rings. The summed E-state index contributed by atoms with van der Waals surface area (Å²) in [4.78, 5) is 0. The van der Waals surface area contributed by atoms with E-state index in [-0.39, 0.29) is 79.8 Å². The summed E-state index contributed by atoms with van der Waals surface area (Å²) in [6.07, 6.45) is 0. The molecule has 0 saturated heterocycles. The molecular formula is H6AlBNTiZr. The Bertz CT molecular complexity index is 11.6. The third-order valence-electron chi connectivity index (χ3n) is 0. The van der Waals surface area contributed by atoms with Crippen LogP contribution in [0.25, 0.3) is 0 Å². The van der Waals surface area contributed by atoms with E-state index in [1.165, 1.54) is 0 Å². The van der Waals surface area contributed by atoms with E-state index in [0.29, 0.717) is 0 Å². The van der Waals surface area contributed by atoms with Crippen molar-refractivity contribution >= 4 is 25.8 Å². The van der Waals surface area contributed by atoms with Gasteiger partial charge in [0, 0.05) is 56.3 Å². The Balaban J connectivity index is 0. The van der Waals surface area contributed by atoms with Crippen LogP contribution in [0.4, 0.5) is 0 Å². The summed E-state index contributed by atoms with van der Waals surface area (Å²) in [5.41, 5.74) is 0. The van der Waals surface area contributed by atoms with Gasteiger partial charge in [0.1, 0.15) is 0 Å². The van der Waals surface area contributed by atoms with Crippen molar-refractivity contribution in [3.63, 3.8) is 0 Å². The molecule has 0 aliphatic carbocycles. The van der Waals surface area contributed by atoms with E-state index in [1.54, 1.807) is 0 Å². The van der Waals surface area contributed by atoms with Gasteiger partial charge in [-0.1, -0.05) is 0 Å². The summed E-state index contributed by atoms with van der Waals surface area (Å²) in [5, 5.41) is 0. The number of rotatable bonds is 0. The van der Waals surface area contributed by atoms with Crippen LogP contribution in [0.15, 0.2) is 0 Å². The summed E-state index contributed by atoms with van der Waals surface area (Å²) in [7, 11) is 0. The zero-order chi connectivity index (χ0) is 0. The fourth-order valence-corrected chi connectivity index (χ4v) is 0. The Hall–Kier alpha value is 2.15. The molecule has 5 heavy (non-hydrogen) atoms. The maximum absolute atomic E-state index is 0. The summed E-state index contributed by atoms with van der Waals surface area (Å²) in [6.45, 7) is 0. The van der Waals surface area contributed by atoms with Gasteiger partial charge >= 0.3 is 0 Å². The summed E-state index contributed by atoms with van der Waals surface area (Å²) >= 11 is 0. The van der Waals surface area contributed by atoms with Crippen molar-refractivity contribution in [1.29, 1.82) is 0 Å². The number of hydrogen-bond donors (Lipinski definition) is 1. The first-order valence-corrected chi connectivity index (χ1v) is 0. The maximum Gasteiger partial charge on any atom is 0.187 e. The predicted octanol–water partition coefficient (Wildman–Crippen LogP) is -1.41. The van der Waals surface area contributed by atoms with Gasteiger partial charge in [0.2, 0.25) is 0 Å². The zero-order valence-electron chi connectivity index (χ0n) is 2.28. The Kier molecular flexibility index (Phi) is 411. The van der Waals surface area contributed by atoms with Gasteiger partial charge in [-0.3, -0.25) is 0 Å². The van der Waals surface area contributed by atoms with Crippen molar-refractivity contribution in [3.05, 3.63) is 0 Å². The van der Waals surface area contributed by atoms with Gasteiger partial charge in [-0.05, 0) is 0 Å². The molecule has 0 heterocycles. The molecule has 0 aromatic heterocycles. The first-order valence-electron chi connectivity index (χ1n) is 0. The molecule has 0 saturated carbocycles. The van der Waals surface area contributed by atoms with Crippen molar-refractivity contribution in [2.75, 3.05) is 0 Å². The minimum Gasteiger partial charge on any atom is -0.344 e. The normalized spacial score (nSPS) is 0. The molecule has 0 unspecified atom stereocenters. The van der Waals surface area contributed by atoms with Crippen LogP contribution < -0.4 is 6.15 Å². The minimum atomic E-state index is 0. The molecule has 25 valence electrons. The molecule has 0 bridgehead atoms. The van der Waals surface area contributed by atoms with Crippen molar-refractivity contribution < 1.29 is 47.9 Å². The summed E-state index contributed by atoms with van der Waals surface area (Å²) < 4.78 is 0. The molecule has 0 aliphatic heterocycles. The third kappa shape index (κ3) is 22.9. The summed E-state index contributed by atoms with van der Waals surface area (Å²) in [6, 6.07) is 0. The van der Waals surface area contributed by atoms with Crippen molar-refractivity contribution in [2.45, 2.75) is 0 Å². The van der Waals surface area contributed by atoms with Crippen LogP contribution in [-0.2, 0) is 47.9 Å². The number of hydrogen-bond acceptors (Lipinski definition) is 1. The molecule has 0 aromatic carbocycles. The Morgan fingerprint density at radius 1 is 1.00 bits per heavy atom. The average Bonchev–Trinajstić information content (AvgIpc) is 0. The molecule has 3 radical (unpaired) electrons. The monoisotopic (exact) mass is 196 g/mol. The van der Waals surface area contributed by atoms with Crippen LogP contribution in [0.3, 0.4) is 0 Å². The molecule has 3 N–H and O–H groups in total. The van der Waals surface area contributed by atoms with Crippen LogP contribution in [-0.4, -0.2) is 25.8 Å².